The lowest BCUT2D eigenvalue weighted by atomic mass is 10.4. The van der Waals surface area contributed by atoms with Crippen LogP contribution in [-0.2, 0) is 4.43 Å². The molecule has 0 aromatic rings. The number of unbranched alkanes of at least 4 members (excludes halogenated alkanes) is 1. The Hall–Kier alpha value is 0.527. The minimum Gasteiger partial charge on any atom is -0.413 e. The molecule has 3 heteroatoms. The van der Waals surface area contributed by atoms with Gasteiger partial charge >= 0.3 is 0 Å². The Morgan fingerprint density at radius 3 is 2.88 bits per heavy atom. The van der Waals surface area contributed by atoms with E-state index in [0.29, 0.717) is 0 Å². The summed E-state index contributed by atoms with van der Waals surface area (Å²) in [6, 6.07) is 0. The van der Waals surface area contributed by atoms with Crippen molar-refractivity contribution in [2.75, 3.05) is 12.9 Å². The van der Waals surface area contributed by atoms with Crippen molar-refractivity contribution in [3.05, 3.63) is 0 Å². The SMILES string of the molecule is CCCCO[SiH2]SC. The third-order valence-electron chi connectivity index (χ3n) is 0.843. The maximum Gasteiger partial charge on any atom is 0.221 e. The second-order valence-electron chi connectivity index (χ2n) is 1.67. The van der Waals surface area contributed by atoms with Gasteiger partial charge in [-0.25, -0.2) is 0 Å². The van der Waals surface area contributed by atoms with Gasteiger partial charge in [-0.05, 0) is 12.7 Å². The predicted molar refractivity (Wildman–Crippen MR) is 42.9 cm³/mol. The lowest BCUT2D eigenvalue weighted by molar-refractivity contribution is 0.336. The molecular weight excluding hydrogens is 136 g/mol. The molecule has 8 heavy (non-hydrogen) atoms. The molecule has 0 rings (SSSR count). The van der Waals surface area contributed by atoms with Crippen LogP contribution in [0.5, 0.6) is 0 Å². The molecule has 0 saturated heterocycles. The highest BCUT2D eigenvalue weighted by atomic mass is 32.4. The molecule has 0 aliphatic rings. The topological polar surface area (TPSA) is 9.23 Å². The zero-order valence-corrected chi connectivity index (χ0v) is 7.88. The summed E-state index contributed by atoms with van der Waals surface area (Å²) in [7, 11) is -0.182. The zero-order chi connectivity index (χ0) is 6.24. The molecule has 0 unspecified atom stereocenters. The minimum absolute atomic E-state index is 0.182. The van der Waals surface area contributed by atoms with Crippen LogP contribution in [0.3, 0.4) is 0 Å². The second kappa shape index (κ2) is 7.53. The molecule has 0 radical (unpaired) electrons. The van der Waals surface area contributed by atoms with E-state index in [1.165, 1.54) is 12.8 Å². The molecule has 1 nitrogen and oxygen atoms in total. The van der Waals surface area contributed by atoms with Gasteiger partial charge in [0.15, 0.2) is 0 Å². The van der Waals surface area contributed by atoms with Gasteiger partial charge in [-0.15, -0.1) is 0 Å². The first-order valence-electron chi connectivity index (χ1n) is 2.98. The molecule has 50 valence electrons. The van der Waals surface area contributed by atoms with Crippen LogP contribution in [0.1, 0.15) is 19.8 Å². The zero-order valence-electron chi connectivity index (χ0n) is 5.64. The third-order valence-corrected chi connectivity index (χ3v) is 2.74. The highest BCUT2D eigenvalue weighted by Crippen LogP contribution is 1.91. The van der Waals surface area contributed by atoms with Gasteiger partial charge in [0.1, 0.15) is 0 Å². The van der Waals surface area contributed by atoms with Gasteiger partial charge in [-0.2, -0.15) is 11.2 Å². The van der Waals surface area contributed by atoms with Gasteiger partial charge in [-0.1, -0.05) is 13.3 Å². The van der Waals surface area contributed by atoms with Crippen molar-refractivity contribution in [3.63, 3.8) is 0 Å². The van der Waals surface area contributed by atoms with E-state index >= 15 is 0 Å². The van der Waals surface area contributed by atoms with Crippen LogP contribution in [0.25, 0.3) is 0 Å². The van der Waals surface area contributed by atoms with Gasteiger partial charge in [-0.3, -0.25) is 0 Å². The lowest BCUT2D eigenvalue weighted by Crippen LogP contribution is -1.94. The van der Waals surface area contributed by atoms with E-state index in [1.54, 1.807) is 0 Å². The Bertz CT molecular complexity index is 37.4. The van der Waals surface area contributed by atoms with E-state index in [9.17, 15) is 0 Å². The summed E-state index contributed by atoms with van der Waals surface area (Å²) in [5.41, 5.74) is 0. The Morgan fingerprint density at radius 1 is 1.62 bits per heavy atom. The molecule has 0 heterocycles. The average molecular weight is 150 g/mol. The second-order valence-corrected chi connectivity index (χ2v) is 5.33. The fourth-order valence-electron chi connectivity index (χ4n) is 0.389. The predicted octanol–water partition coefficient (Wildman–Crippen LogP) is 1.16. The first kappa shape index (κ1) is 8.53. The van der Waals surface area contributed by atoms with E-state index in [2.05, 4.69) is 13.2 Å². The number of rotatable bonds is 5. The van der Waals surface area contributed by atoms with Crippen LogP contribution in [-0.4, -0.2) is 21.8 Å². The van der Waals surface area contributed by atoms with Crippen molar-refractivity contribution in [2.45, 2.75) is 19.8 Å². The van der Waals surface area contributed by atoms with Gasteiger partial charge in [0.25, 0.3) is 0 Å². The van der Waals surface area contributed by atoms with Crippen molar-refractivity contribution in [1.29, 1.82) is 0 Å². The highest BCUT2D eigenvalue weighted by molar-refractivity contribution is 8.21. The Labute approximate surface area is 57.8 Å². The Balaban J connectivity index is 2.53. The summed E-state index contributed by atoms with van der Waals surface area (Å²) in [6.45, 7) is 3.17. The quantitative estimate of drug-likeness (QED) is 0.430. The molecule has 0 saturated carbocycles. The highest BCUT2D eigenvalue weighted by Gasteiger charge is 1.83. The minimum atomic E-state index is -0.182. The number of hydrogen-bond donors (Lipinski definition) is 0. The Kier molecular flexibility index (Phi) is 8.02. The van der Waals surface area contributed by atoms with Crippen LogP contribution >= 0.6 is 11.2 Å². The molecule has 0 bridgehead atoms. The molecular formula is C5H14OSSi. The van der Waals surface area contributed by atoms with Crippen molar-refractivity contribution >= 4 is 20.1 Å². The van der Waals surface area contributed by atoms with E-state index in [-0.39, 0.29) is 8.91 Å². The molecule has 0 spiro atoms. The van der Waals surface area contributed by atoms with Gasteiger partial charge < -0.3 is 4.43 Å². The van der Waals surface area contributed by atoms with Crippen LogP contribution in [0.4, 0.5) is 0 Å². The molecule has 0 fully saturated rings. The van der Waals surface area contributed by atoms with Crippen molar-refractivity contribution in [2.24, 2.45) is 0 Å². The van der Waals surface area contributed by atoms with Crippen molar-refractivity contribution < 1.29 is 4.43 Å². The van der Waals surface area contributed by atoms with E-state index in [1.807, 2.05) is 11.2 Å². The maximum atomic E-state index is 5.33. The van der Waals surface area contributed by atoms with E-state index in [4.69, 9.17) is 4.43 Å². The summed E-state index contributed by atoms with van der Waals surface area (Å²) < 4.78 is 5.33. The van der Waals surface area contributed by atoms with Gasteiger partial charge in [0, 0.05) is 6.61 Å². The molecule has 0 aliphatic carbocycles. The summed E-state index contributed by atoms with van der Waals surface area (Å²) in [4.78, 5) is 0. The lowest BCUT2D eigenvalue weighted by Gasteiger charge is -1.97. The smallest absolute Gasteiger partial charge is 0.221 e. The first-order chi connectivity index (χ1) is 3.91. The monoisotopic (exact) mass is 150 g/mol. The van der Waals surface area contributed by atoms with Crippen LogP contribution in [0, 0.1) is 0 Å². The van der Waals surface area contributed by atoms with Gasteiger partial charge in [0.2, 0.25) is 8.91 Å². The standard InChI is InChI=1S/C5H14OSSi/c1-3-4-5-6-8-7-2/h3-5,8H2,1-2H3. The molecule has 0 aromatic heterocycles. The summed E-state index contributed by atoms with van der Waals surface area (Å²) >= 11 is 1.87. The van der Waals surface area contributed by atoms with Crippen LogP contribution < -0.4 is 0 Å². The molecule has 0 aromatic carbocycles. The maximum absolute atomic E-state index is 5.33. The fraction of sp³-hybridized carbons (Fsp3) is 1.00. The number of hydrogen-bond acceptors (Lipinski definition) is 2. The normalized spacial score (nSPS) is 11.2. The van der Waals surface area contributed by atoms with Crippen molar-refractivity contribution in [1.82, 2.24) is 0 Å². The van der Waals surface area contributed by atoms with E-state index < -0.39 is 0 Å². The fourth-order valence-corrected chi connectivity index (χ4v) is 1.73. The average Bonchev–Trinajstić information content (AvgIpc) is 1.81. The molecule has 0 atom stereocenters. The summed E-state index contributed by atoms with van der Waals surface area (Å²) in [5.74, 6) is 0. The van der Waals surface area contributed by atoms with Crippen LogP contribution in [0.15, 0.2) is 0 Å². The first-order valence-corrected chi connectivity index (χ1v) is 6.68. The molecule has 0 N–H and O–H groups in total. The van der Waals surface area contributed by atoms with E-state index in [0.717, 1.165) is 6.61 Å². The van der Waals surface area contributed by atoms with Crippen LogP contribution in [0.2, 0.25) is 0 Å². The summed E-state index contributed by atoms with van der Waals surface area (Å²) in [5, 5.41) is 0. The van der Waals surface area contributed by atoms with Crippen molar-refractivity contribution in [3.8, 4) is 0 Å². The molecule has 0 amide bonds. The Morgan fingerprint density at radius 2 is 2.38 bits per heavy atom. The molecule has 0 aliphatic heterocycles. The summed E-state index contributed by atoms with van der Waals surface area (Å²) in [6.07, 6.45) is 4.59. The third kappa shape index (κ3) is 6.53. The largest absolute Gasteiger partial charge is 0.413 e. The van der Waals surface area contributed by atoms with Gasteiger partial charge in [0.05, 0.1) is 0 Å².